The molecule has 1 aliphatic heterocycles. The maximum absolute atomic E-state index is 5.91. The Morgan fingerprint density at radius 3 is 2.31 bits per heavy atom. The van der Waals surface area contributed by atoms with E-state index in [2.05, 4.69) is 46.6 Å². The van der Waals surface area contributed by atoms with Crippen LogP contribution in [0.5, 0.6) is 0 Å². The van der Waals surface area contributed by atoms with Crippen LogP contribution in [-0.4, -0.2) is 25.3 Å². The van der Waals surface area contributed by atoms with Crippen LogP contribution in [0.3, 0.4) is 0 Å². The average Bonchev–Trinajstić information content (AvgIpc) is 2.45. The predicted octanol–water partition coefficient (Wildman–Crippen LogP) is 2.99. The fourth-order valence-electron chi connectivity index (χ4n) is 2.92. The van der Waals surface area contributed by atoms with Crippen molar-refractivity contribution in [2.75, 3.05) is 7.05 Å². The fourth-order valence-corrected chi connectivity index (χ4v) is 2.92. The summed E-state index contributed by atoms with van der Waals surface area (Å²) in [6, 6.07) is 0.548. The van der Waals surface area contributed by atoms with Crippen molar-refractivity contribution >= 4 is 0 Å². The summed E-state index contributed by atoms with van der Waals surface area (Å²) in [7, 11) is 2.06. The second-order valence-electron chi connectivity index (χ2n) is 5.37. The van der Waals surface area contributed by atoms with Crippen LogP contribution in [0.25, 0.3) is 0 Å². The SMILES string of the molecule is C=C(C)CCC(NC)C1C(C)OC(C)C1C. The molecule has 0 aliphatic carbocycles. The van der Waals surface area contributed by atoms with E-state index in [0.717, 1.165) is 6.42 Å². The van der Waals surface area contributed by atoms with Crippen molar-refractivity contribution in [3.63, 3.8) is 0 Å². The van der Waals surface area contributed by atoms with Crippen molar-refractivity contribution in [2.24, 2.45) is 11.8 Å². The summed E-state index contributed by atoms with van der Waals surface area (Å²) >= 11 is 0. The van der Waals surface area contributed by atoms with Crippen LogP contribution in [0.4, 0.5) is 0 Å². The van der Waals surface area contributed by atoms with Crippen LogP contribution in [0.2, 0.25) is 0 Å². The van der Waals surface area contributed by atoms with Crippen molar-refractivity contribution in [1.29, 1.82) is 0 Å². The molecular formula is C14H27NO. The van der Waals surface area contributed by atoms with Gasteiger partial charge in [0, 0.05) is 12.0 Å². The molecule has 1 saturated heterocycles. The Bertz CT molecular complexity index is 239. The molecule has 1 rings (SSSR count). The van der Waals surface area contributed by atoms with Gasteiger partial charge in [0.2, 0.25) is 0 Å². The van der Waals surface area contributed by atoms with Crippen molar-refractivity contribution < 1.29 is 4.74 Å². The van der Waals surface area contributed by atoms with Gasteiger partial charge in [-0.05, 0) is 46.6 Å². The topological polar surface area (TPSA) is 21.3 Å². The number of rotatable bonds is 5. The van der Waals surface area contributed by atoms with E-state index in [1.165, 1.54) is 12.0 Å². The van der Waals surface area contributed by atoms with E-state index in [0.29, 0.717) is 30.1 Å². The Hall–Kier alpha value is -0.340. The quantitative estimate of drug-likeness (QED) is 0.726. The highest BCUT2D eigenvalue weighted by molar-refractivity contribution is 4.95. The van der Waals surface area contributed by atoms with E-state index < -0.39 is 0 Å². The molecule has 0 amide bonds. The monoisotopic (exact) mass is 225 g/mol. The molecular weight excluding hydrogens is 198 g/mol. The molecule has 0 aromatic carbocycles. The highest BCUT2D eigenvalue weighted by atomic mass is 16.5. The zero-order valence-electron chi connectivity index (χ0n) is 11.4. The minimum absolute atomic E-state index is 0.368. The molecule has 1 fully saturated rings. The first-order valence-electron chi connectivity index (χ1n) is 6.44. The summed E-state index contributed by atoms with van der Waals surface area (Å²) in [6.07, 6.45) is 3.03. The molecule has 5 atom stereocenters. The fraction of sp³-hybridized carbons (Fsp3) is 0.857. The zero-order valence-corrected chi connectivity index (χ0v) is 11.4. The summed E-state index contributed by atoms with van der Waals surface area (Å²) in [6.45, 7) is 12.8. The molecule has 2 nitrogen and oxygen atoms in total. The molecule has 2 heteroatoms. The second-order valence-corrected chi connectivity index (χ2v) is 5.37. The third-order valence-electron chi connectivity index (χ3n) is 4.04. The summed E-state index contributed by atoms with van der Waals surface area (Å²) in [4.78, 5) is 0. The number of hydrogen-bond acceptors (Lipinski definition) is 2. The Balaban J connectivity index is 2.61. The molecule has 1 heterocycles. The summed E-state index contributed by atoms with van der Waals surface area (Å²) in [5.74, 6) is 1.26. The molecule has 16 heavy (non-hydrogen) atoms. The lowest BCUT2D eigenvalue weighted by atomic mass is 9.81. The van der Waals surface area contributed by atoms with E-state index >= 15 is 0 Å². The molecule has 0 spiro atoms. The van der Waals surface area contributed by atoms with Gasteiger partial charge in [-0.15, -0.1) is 6.58 Å². The predicted molar refractivity (Wildman–Crippen MR) is 69.6 cm³/mol. The van der Waals surface area contributed by atoms with Gasteiger partial charge in [-0.2, -0.15) is 0 Å². The minimum Gasteiger partial charge on any atom is -0.375 e. The first-order valence-corrected chi connectivity index (χ1v) is 6.44. The Morgan fingerprint density at radius 1 is 1.31 bits per heavy atom. The van der Waals surface area contributed by atoms with Gasteiger partial charge in [0.15, 0.2) is 0 Å². The molecule has 0 bridgehead atoms. The van der Waals surface area contributed by atoms with Gasteiger partial charge in [0.25, 0.3) is 0 Å². The Kier molecular flexibility index (Phi) is 5.00. The van der Waals surface area contributed by atoms with Gasteiger partial charge in [-0.3, -0.25) is 0 Å². The normalized spacial score (nSPS) is 36.3. The van der Waals surface area contributed by atoms with Gasteiger partial charge >= 0.3 is 0 Å². The Morgan fingerprint density at radius 2 is 1.94 bits per heavy atom. The highest BCUT2D eigenvalue weighted by Crippen LogP contribution is 2.35. The largest absolute Gasteiger partial charge is 0.375 e. The summed E-state index contributed by atoms with van der Waals surface area (Å²) in [5, 5.41) is 3.46. The zero-order chi connectivity index (χ0) is 12.3. The van der Waals surface area contributed by atoms with E-state index in [9.17, 15) is 0 Å². The van der Waals surface area contributed by atoms with Crippen LogP contribution in [-0.2, 0) is 4.74 Å². The summed E-state index contributed by atoms with van der Waals surface area (Å²) < 4.78 is 5.91. The van der Waals surface area contributed by atoms with Crippen molar-refractivity contribution in [2.45, 2.75) is 58.8 Å². The van der Waals surface area contributed by atoms with Gasteiger partial charge in [-0.25, -0.2) is 0 Å². The maximum Gasteiger partial charge on any atom is 0.0597 e. The van der Waals surface area contributed by atoms with Gasteiger partial charge in [0.1, 0.15) is 0 Å². The lowest BCUT2D eigenvalue weighted by Gasteiger charge is -2.28. The van der Waals surface area contributed by atoms with Crippen LogP contribution in [0.15, 0.2) is 12.2 Å². The number of hydrogen-bond donors (Lipinski definition) is 1. The third-order valence-corrected chi connectivity index (χ3v) is 4.04. The lowest BCUT2D eigenvalue weighted by Crippen LogP contribution is -2.40. The van der Waals surface area contributed by atoms with Gasteiger partial charge in [-0.1, -0.05) is 12.5 Å². The Labute approximate surface area is 100 Å². The number of nitrogens with one attached hydrogen (secondary N) is 1. The molecule has 5 unspecified atom stereocenters. The number of ether oxygens (including phenoxy) is 1. The minimum atomic E-state index is 0.368. The van der Waals surface area contributed by atoms with E-state index in [1.807, 2.05) is 0 Å². The first-order chi connectivity index (χ1) is 7.47. The van der Waals surface area contributed by atoms with E-state index in [-0.39, 0.29) is 0 Å². The van der Waals surface area contributed by atoms with Crippen LogP contribution < -0.4 is 5.32 Å². The average molecular weight is 225 g/mol. The van der Waals surface area contributed by atoms with Crippen molar-refractivity contribution in [3.8, 4) is 0 Å². The molecule has 0 aromatic heterocycles. The molecule has 94 valence electrons. The number of allylic oxidation sites excluding steroid dienone is 1. The van der Waals surface area contributed by atoms with Crippen molar-refractivity contribution in [3.05, 3.63) is 12.2 Å². The molecule has 0 saturated carbocycles. The van der Waals surface area contributed by atoms with Crippen LogP contribution >= 0.6 is 0 Å². The van der Waals surface area contributed by atoms with Crippen LogP contribution in [0.1, 0.15) is 40.5 Å². The van der Waals surface area contributed by atoms with Crippen LogP contribution in [0, 0.1) is 11.8 Å². The standard InChI is InChI=1S/C14H27NO/c1-9(2)7-8-13(15-6)14-10(3)11(4)16-12(14)5/h10-15H,1,7-8H2,2-6H3. The lowest BCUT2D eigenvalue weighted by molar-refractivity contribution is 0.0475. The van der Waals surface area contributed by atoms with Crippen molar-refractivity contribution in [1.82, 2.24) is 5.32 Å². The van der Waals surface area contributed by atoms with E-state index in [4.69, 9.17) is 4.74 Å². The second kappa shape index (κ2) is 5.83. The molecule has 0 radical (unpaired) electrons. The maximum atomic E-state index is 5.91. The molecule has 1 N–H and O–H groups in total. The summed E-state index contributed by atoms with van der Waals surface area (Å²) in [5.41, 5.74) is 1.27. The van der Waals surface area contributed by atoms with E-state index in [1.54, 1.807) is 0 Å². The highest BCUT2D eigenvalue weighted by Gasteiger charge is 2.40. The smallest absolute Gasteiger partial charge is 0.0597 e. The first kappa shape index (κ1) is 13.7. The third kappa shape index (κ3) is 3.08. The molecule has 0 aromatic rings. The van der Waals surface area contributed by atoms with Gasteiger partial charge in [0.05, 0.1) is 12.2 Å². The molecule has 1 aliphatic rings. The van der Waals surface area contributed by atoms with Gasteiger partial charge < -0.3 is 10.1 Å².